The van der Waals surface area contributed by atoms with Gasteiger partial charge in [0.1, 0.15) is 0 Å². The minimum atomic E-state index is -0.420. The van der Waals surface area contributed by atoms with Crippen molar-refractivity contribution in [2.45, 2.75) is 71.6 Å². The fourth-order valence-corrected chi connectivity index (χ4v) is 3.06. The Morgan fingerprint density at radius 1 is 1.33 bits per heavy atom. The molecule has 0 aromatic rings. The van der Waals surface area contributed by atoms with Crippen LogP contribution in [0, 0.1) is 5.92 Å². The van der Waals surface area contributed by atoms with Crippen molar-refractivity contribution in [2.75, 3.05) is 13.1 Å². The fraction of sp³-hybridized carbons (Fsp3) is 0.875. The molecule has 0 aliphatic carbocycles. The first-order valence-electron chi connectivity index (χ1n) is 8.08. The highest BCUT2D eigenvalue weighted by atomic mass is 16.3. The number of likely N-dealkylation sites (tertiary alicyclic amines) is 1. The van der Waals surface area contributed by atoms with E-state index in [4.69, 9.17) is 0 Å². The predicted molar refractivity (Wildman–Crippen MR) is 83.0 cm³/mol. The normalized spacial score (nSPS) is 22.9. The minimum absolute atomic E-state index is 0.0119. The summed E-state index contributed by atoms with van der Waals surface area (Å²) in [6, 6.07) is -0.360. The molecule has 1 aliphatic heterocycles. The molecule has 5 nitrogen and oxygen atoms in total. The molecule has 1 aliphatic rings. The van der Waals surface area contributed by atoms with Gasteiger partial charge in [-0.05, 0) is 38.6 Å². The Kier molecular flexibility index (Phi) is 7.32. The maximum Gasteiger partial charge on any atom is 0.234 e. The van der Waals surface area contributed by atoms with Crippen LogP contribution in [0.2, 0.25) is 0 Å². The van der Waals surface area contributed by atoms with Crippen LogP contribution in [0.4, 0.5) is 0 Å². The molecule has 0 radical (unpaired) electrons. The maximum absolute atomic E-state index is 12.2. The third kappa shape index (κ3) is 5.40. The average Bonchev–Trinajstić information content (AvgIpc) is 2.43. The number of aliphatic hydroxyl groups is 1. The number of nitrogens with zero attached hydrogens (tertiary/aromatic N) is 1. The fourth-order valence-electron chi connectivity index (χ4n) is 3.06. The van der Waals surface area contributed by atoms with E-state index in [9.17, 15) is 14.7 Å². The summed E-state index contributed by atoms with van der Waals surface area (Å²) in [4.78, 5) is 25.8. The molecule has 0 spiro atoms. The standard InChI is InChI=1S/C16H30N2O3/c1-5-14(20)13-8-6-7-9-18(13)10-15(21)17-16(11(2)3)12(4)19/h11,13-14,16,20H,5-10H2,1-4H3,(H,17,21). The summed E-state index contributed by atoms with van der Waals surface area (Å²) in [5, 5.41) is 12.9. The van der Waals surface area contributed by atoms with Gasteiger partial charge in [0, 0.05) is 6.04 Å². The van der Waals surface area contributed by atoms with Gasteiger partial charge in [-0.25, -0.2) is 0 Å². The lowest BCUT2D eigenvalue weighted by molar-refractivity contribution is -0.129. The molecule has 0 aromatic heterocycles. The molecule has 122 valence electrons. The highest BCUT2D eigenvalue weighted by Crippen LogP contribution is 2.21. The summed E-state index contributed by atoms with van der Waals surface area (Å²) in [7, 11) is 0. The average molecular weight is 298 g/mol. The largest absolute Gasteiger partial charge is 0.392 e. The maximum atomic E-state index is 12.2. The number of ketones is 1. The van der Waals surface area contributed by atoms with Gasteiger partial charge < -0.3 is 10.4 Å². The van der Waals surface area contributed by atoms with Gasteiger partial charge in [0.2, 0.25) is 5.91 Å². The van der Waals surface area contributed by atoms with E-state index in [1.165, 1.54) is 6.92 Å². The molecule has 0 aromatic carbocycles. The number of amides is 1. The predicted octanol–water partition coefficient (Wildman–Crippen LogP) is 1.34. The number of Topliss-reactive ketones (excluding diaryl/α,β-unsaturated/α-hetero) is 1. The number of nitrogens with one attached hydrogen (secondary N) is 1. The number of hydrogen-bond acceptors (Lipinski definition) is 4. The van der Waals surface area contributed by atoms with Crippen LogP contribution in [0.25, 0.3) is 0 Å². The van der Waals surface area contributed by atoms with Gasteiger partial charge in [-0.15, -0.1) is 0 Å². The number of rotatable bonds is 7. The Labute approximate surface area is 128 Å². The van der Waals surface area contributed by atoms with E-state index >= 15 is 0 Å². The second-order valence-electron chi connectivity index (χ2n) is 6.41. The van der Waals surface area contributed by atoms with Crippen molar-refractivity contribution in [3.05, 3.63) is 0 Å². The Morgan fingerprint density at radius 3 is 2.52 bits per heavy atom. The van der Waals surface area contributed by atoms with Gasteiger partial charge in [-0.3, -0.25) is 14.5 Å². The topological polar surface area (TPSA) is 69.6 Å². The Hall–Kier alpha value is -0.940. The number of piperidine rings is 1. The van der Waals surface area contributed by atoms with E-state index in [2.05, 4.69) is 10.2 Å². The second kappa shape index (κ2) is 8.49. The third-order valence-corrected chi connectivity index (χ3v) is 4.29. The van der Waals surface area contributed by atoms with Crippen LogP contribution in [-0.2, 0) is 9.59 Å². The number of carbonyl (C=O) groups is 2. The molecule has 3 unspecified atom stereocenters. The monoisotopic (exact) mass is 298 g/mol. The highest BCUT2D eigenvalue weighted by molar-refractivity contribution is 5.88. The van der Waals surface area contributed by atoms with Gasteiger partial charge in [0.15, 0.2) is 5.78 Å². The molecule has 1 fully saturated rings. The van der Waals surface area contributed by atoms with E-state index in [1.807, 2.05) is 20.8 Å². The molecule has 0 saturated carbocycles. The van der Waals surface area contributed by atoms with Crippen molar-refractivity contribution in [1.29, 1.82) is 0 Å². The van der Waals surface area contributed by atoms with Crippen molar-refractivity contribution in [3.63, 3.8) is 0 Å². The zero-order valence-corrected chi connectivity index (χ0v) is 13.8. The third-order valence-electron chi connectivity index (χ3n) is 4.29. The zero-order chi connectivity index (χ0) is 16.0. The Morgan fingerprint density at radius 2 is 2.00 bits per heavy atom. The quantitative estimate of drug-likeness (QED) is 0.744. The number of aliphatic hydroxyl groups excluding tert-OH is 1. The lowest BCUT2D eigenvalue weighted by Gasteiger charge is -2.38. The van der Waals surface area contributed by atoms with Gasteiger partial charge in [0.05, 0.1) is 18.7 Å². The summed E-state index contributed by atoms with van der Waals surface area (Å²) in [6.45, 7) is 8.42. The summed E-state index contributed by atoms with van der Waals surface area (Å²) < 4.78 is 0. The molecule has 3 atom stereocenters. The molecule has 21 heavy (non-hydrogen) atoms. The van der Waals surface area contributed by atoms with Gasteiger partial charge >= 0.3 is 0 Å². The van der Waals surface area contributed by atoms with Gasteiger partial charge in [-0.2, -0.15) is 0 Å². The van der Waals surface area contributed by atoms with Crippen molar-refractivity contribution in [3.8, 4) is 0 Å². The van der Waals surface area contributed by atoms with E-state index in [-0.39, 0.29) is 36.3 Å². The lowest BCUT2D eigenvalue weighted by Crippen LogP contribution is -2.53. The van der Waals surface area contributed by atoms with E-state index in [0.29, 0.717) is 6.42 Å². The first-order valence-corrected chi connectivity index (χ1v) is 8.08. The van der Waals surface area contributed by atoms with E-state index in [0.717, 1.165) is 25.8 Å². The molecule has 1 rings (SSSR count). The molecule has 1 heterocycles. The number of carbonyl (C=O) groups excluding carboxylic acids is 2. The van der Waals surface area contributed by atoms with Crippen LogP contribution < -0.4 is 5.32 Å². The first-order chi connectivity index (χ1) is 9.86. The highest BCUT2D eigenvalue weighted by Gasteiger charge is 2.30. The molecular formula is C16H30N2O3. The summed E-state index contributed by atoms with van der Waals surface area (Å²) >= 11 is 0. The molecule has 0 bridgehead atoms. The van der Waals surface area contributed by atoms with Crippen LogP contribution >= 0.6 is 0 Å². The van der Waals surface area contributed by atoms with Crippen LogP contribution in [-0.4, -0.2) is 53.0 Å². The van der Waals surface area contributed by atoms with Crippen molar-refractivity contribution >= 4 is 11.7 Å². The van der Waals surface area contributed by atoms with Crippen molar-refractivity contribution < 1.29 is 14.7 Å². The Balaban J connectivity index is 2.60. The van der Waals surface area contributed by atoms with Crippen molar-refractivity contribution in [2.24, 2.45) is 5.92 Å². The van der Waals surface area contributed by atoms with Crippen LogP contribution in [0.15, 0.2) is 0 Å². The lowest BCUT2D eigenvalue weighted by atomic mass is 9.95. The van der Waals surface area contributed by atoms with E-state index < -0.39 is 6.04 Å². The van der Waals surface area contributed by atoms with Crippen LogP contribution in [0.3, 0.4) is 0 Å². The minimum Gasteiger partial charge on any atom is -0.392 e. The van der Waals surface area contributed by atoms with Crippen LogP contribution in [0.1, 0.15) is 53.4 Å². The first kappa shape index (κ1) is 18.1. The van der Waals surface area contributed by atoms with Gasteiger partial charge in [0.25, 0.3) is 0 Å². The van der Waals surface area contributed by atoms with E-state index in [1.54, 1.807) is 0 Å². The SMILES string of the molecule is CCC(O)C1CCCCN1CC(=O)NC(C(C)=O)C(C)C. The summed E-state index contributed by atoms with van der Waals surface area (Å²) in [6.07, 6.45) is 3.41. The molecule has 1 amide bonds. The molecule has 1 saturated heterocycles. The van der Waals surface area contributed by atoms with Crippen molar-refractivity contribution in [1.82, 2.24) is 10.2 Å². The summed E-state index contributed by atoms with van der Waals surface area (Å²) in [5.41, 5.74) is 0. The van der Waals surface area contributed by atoms with Crippen LogP contribution in [0.5, 0.6) is 0 Å². The zero-order valence-electron chi connectivity index (χ0n) is 13.8. The molecule has 2 N–H and O–H groups in total. The molecule has 5 heteroatoms. The smallest absolute Gasteiger partial charge is 0.234 e. The Bertz CT molecular complexity index is 357. The number of hydrogen-bond donors (Lipinski definition) is 2. The van der Waals surface area contributed by atoms with Gasteiger partial charge in [-0.1, -0.05) is 27.2 Å². The second-order valence-corrected chi connectivity index (χ2v) is 6.41. The summed E-state index contributed by atoms with van der Waals surface area (Å²) in [5.74, 6) is -0.0499. The molecular weight excluding hydrogens is 268 g/mol.